The van der Waals surface area contributed by atoms with Gasteiger partial charge in [0.1, 0.15) is 28.1 Å². The van der Waals surface area contributed by atoms with E-state index in [1.807, 2.05) is 79.7 Å². The van der Waals surface area contributed by atoms with Crippen molar-refractivity contribution < 1.29 is 19.4 Å². The third kappa shape index (κ3) is 4.85. The number of Topliss-reactive ketones (excluding diaryl/α,β-unsaturated/α-hetero) is 2. The van der Waals surface area contributed by atoms with Crippen molar-refractivity contribution in [2.45, 2.75) is 80.3 Å². The summed E-state index contributed by atoms with van der Waals surface area (Å²) in [6, 6.07) is 0. The van der Waals surface area contributed by atoms with E-state index in [2.05, 4.69) is 0 Å². The number of carbonyl (C=O) groups excluding carboxylic acids is 2. The van der Waals surface area contributed by atoms with Crippen LogP contribution in [0.2, 0.25) is 0 Å². The first kappa shape index (κ1) is 23.9. The summed E-state index contributed by atoms with van der Waals surface area (Å²) in [6.45, 7) is 15.6. The Morgan fingerprint density at radius 2 is 1.70 bits per heavy atom. The molecule has 0 aromatic rings. The molecule has 0 spiro atoms. The molecule has 0 unspecified atom stereocenters. The molecule has 30 heavy (non-hydrogen) atoms. The van der Waals surface area contributed by atoms with Crippen molar-refractivity contribution in [2.24, 2.45) is 11.3 Å². The maximum Gasteiger partial charge on any atom is 0.188 e. The topological polar surface area (TPSA) is 63.6 Å². The van der Waals surface area contributed by atoms with Gasteiger partial charge in [-0.2, -0.15) is 0 Å². The number of ketones is 2. The number of allylic oxidation sites excluding steroid dienone is 7. The van der Waals surface area contributed by atoms with E-state index in [1.165, 1.54) is 0 Å². The molecule has 2 aliphatic rings. The van der Waals surface area contributed by atoms with Gasteiger partial charge in [-0.25, -0.2) is 0 Å². The molecule has 2 rings (SSSR count). The first-order valence-electron chi connectivity index (χ1n) is 10.7. The van der Waals surface area contributed by atoms with Crippen LogP contribution >= 0.6 is 0 Å². The van der Waals surface area contributed by atoms with Crippen molar-refractivity contribution in [3.63, 3.8) is 0 Å². The van der Waals surface area contributed by atoms with Gasteiger partial charge >= 0.3 is 0 Å². The maximum atomic E-state index is 13.8. The minimum atomic E-state index is -1.11. The lowest BCUT2D eigenvalue weighted by Crippen LogP contribution is -2.45. The molecule has 4 heteroatoms. The highest BCUT2D eigenvalue weighted by Crippen LogP contribution is 2.50. The zero-order valence-electron chi connectivity index (χ0n) is 19.7. The first-order valence-corrected chi connectivity index (χ1v) is 10.7. The van der Waals surface area contributed by atoms with Gasteiger partial charge in [-0.1, -0.05) is 43.2 Å². The standard InChI is InChI=1S/C26H36O4/c1-16(2)9-10-19-22(28)21(20(27)15-18(5)6)23(29)26(12-11-17(3)4)14-13-25(7,8)30-24(19)26/h9,11,13-14,18,28H,10,12,15H2,1-8H3/t26-/m0/s1. The Kier molecular flexibility index (Phi) is 7.01. The average molecular weight is 413 g/mol. The molecule has 0 saturated heterocycles. The van der Waals surface area contributed by atoms with Crippen molar-refractivity contribution in [3.05, 3.63) is 58.1 Å². The smallest absolute Gasteiger partial charge is 0.188 e. The molecule has 1 aliphatic carbocycles. The minimum Gasteiger partial charge on any atom is -0.507 e. The molecule has 1 aliphatic heterocycles. The Bertz CT molecular complexity index is 882. The summed E-state index contributed by atoms with van der Waals surface area (Å²) in [5, 5.41) is 11.1. The molecule has 0 bridgehead atoms. The minimum absolute atomic E-state index is 0.0836. The monoisotopic (exact) mass is 412 g/mol. The van der Waals surface area contributed by atoms with Crippen LogP contribution in [0.1, 0.15) is 74.7 Å². The Morgan fingerprint density at radius 3 is 2.23 bits per heavy atom. The Labute approximate surface area is 181 Å². The predicted octanol–water partition coefficient (Wildman–Crippen LogP) is 6.31. The molecule has 0 aromatic carbocycles. The highest BCUT2D eigenvalue weighted by molar-refractivity contribution is 6.25. The average Bonchev–Trinajstić information content (AvgIpc) is 2.59. The lowest BCUT2D eigenvalue weighted by molar-refractivity contribution is -0.128. The van der Waals surface area contributed by atoms with Gasteiger partial charge in [0, 0.05) is 12.0 Å². The summed E-state index contributed by atoms with van der Waals surface area (Å²) in [5.41, 5.74) is 0.895. The normalized spacial score (nSPS) is 22.6. The van der Waals surface area contributed by atoms with Crippen molar-refractivity contribution in [3.8, 4) is 0 Å². The lowest BCUT2D eigenvalue weighted by Gasteiger charge is -2.43. The van der Waals surface area contributed by atoms with Crippen LogP contribution < -0.4 is 0 Å². The summed E-state index contributed by atoms with van der Waals surface area (Å²) in [6.07, 6.45) is 8.75. The lowest BCUT2D eigenvalue weighted by atomic mass is 9.66. The maximum absolute atomic E-state index is 13.8. The second kappa shape index (κ2) is 8.79. The van der Waals surface area contributed by atoms with Gasteiger partial charge in [-0.3, -0.25) is 9.59 Å². The molecule has 164 valence electrons. The van der Waals surface area contributed by atoms with Gasteiger partial charge in [-0.15, -0.1) is 0 Å². The highest BCUT2D eigenvalue weighted by Gasteiger charge is 2.52. The largest absolute Gasteiger partial charge is 0.507 e. The number of ether oxygens (including phenoxy) is 1. The van der Waals surface area contributed by atoms with Crippen LogP contribution in [0, 0.1) is 11.3 Å². The van der Waals surface area contributed by atoms with Gasteiger partial charge in [0.05, 0.1) is 0 Å². The molecule has 1 heterocycles. The van der Waals surface area contributed by atoms with Crippen molar-refractivity contribution >= 4 is 11.6 Å². The second-order valence-electron chi connectivity index (χ2n) is 9.86. The SMILES string of the molecule is CC(C)=CCC1=C2OC(C)(C)C=C[C@@]2(CC=C(C)C)C(=O)C(C(=O)CC(C)C)=C1O. The van der Waals surface area contributed by atoms with E-state index in [-0.39, 0.29) is 35.2 Å². The molecular weight excluding hydrogens is 376 g/mol. The number of carbonyl (C=O) groups is 2. The van der Waals surface area contributed by atoms with Crippen LogP contribution in [-0.2, 0) is 14.3 Å². The van der Waals surface area contributed by atoms with Gasteiger partial charge in [0.15, 0.2) is 11.6 Å². The van der Waals surface area contributed by atoms with Crippen LogP contribution in [0.4, 0.5) is 0 Å². The van der Waals surface area contributed by atoms with Crippen molar-refractivity contribution in [1.29, 1.82) is 0 Å². The third-order valence-corrected chi connectivity index (χ3v) is 5.39. The highest BCUT2D eigenvalue weighted by atomic mass is 16.5. The quantitative estimate of drug-likeness (QED) is 0.393. The molecular formula is C26H36O4. The Morgan fingerprint density at radius 1 is 1.10 bits per heavy atom. The third-order valence-electron chi connectivity index (χ3n) is 5.39. The molecule has 0 fully saturated rings. The molecule has 0 amide bonds. The fourth-order valence-electron chi connectivity index (χ4n) is 3.75. The number of hydrogen-bond acceptors (Lipinski definition) is 4. The molecule has 1 N–H and O–H groups in total. The van der Waals surface area contributed by atoms with Crippen LogP contribution in [0.25, 0.3) is 0 Å². The van der Waals surface area contributed by atoms with Gasteiger partial charge in [-0.05, 0) is 66.4 Å². The summed E-state index contributed by atoms with van der Waals surface area (Å²) in [4.78, 5) is 26.8. The summed E-state index contributed by atoms with van der Waals surface area (Å²) >= 11 is 0. The molecule has 1 atom stereocenters. The number of fused-ring (bicyclic) bond motifs is 1. The number of aliphatic hydroxyl groups excluding tert-OH is 1. The van der Waals surface area contributed by atoms with E-state index in [1.54, 1.807) is 0 Å². The number of rotatable bonds is 7. The van der Waals surface area contributed by atoms with Gasteiger partial charge in [0.25, 0.3) is 0 Å². The molecule has 0 radical (unpaired) electrons. The van der Waals surface area contributed by atoms with Crippen LogP contribution in [-0.4, -0.2) is 22.3 Å². The fourth-order valence-corrected chi connectivity index (χ4v) is 3.75. The summed E-state index contributed by atoms with van der Waals surface area (Å²) in [7, 11) is 0. The van der Waals surface area contributed by atoms with Crippen molar-refractivity contribution in [2.75, 3.05) is 0 Å². The summed E-state index contributed by atoms with van der Waals surface area (Å²) in [5.74, 6) is -0.351. The van der Waals surface area contributed by atoms with E-state index in [4.69, 9.17) is 4.74 Å². The van der Waals surface area contributed by atoms with Gasteiger partial charge in [0.2, 0.25) is 0 Å². The van der Waals surface area contributed by atoms with E-state index >= 15 is 0 Å². The van der Waals surface area contributed by atoms with E-state index in [0.29, 0.717) is 24.2 Å². The van der Waals surface area contributed by atoms with Crippen LogP contribution in [0.15, 0.2) is 58.1 Å². The predicted molar refractivity (Wildman–Crippen MR) is 121 cm³/mol. The number of hydrogen-bond donors (Lipinski definition) is 1. The zero-order valence-corrected chi connectivity index (χ0v) is 19.7. The number of aliphatic hydroxyl groups is 1. The fraction of sp³-hybridized carbons (Fsp3) is 0.538. The summed E-state index contributed by atoms with van der Waals surface area (Å²) < 4.78 is 6.32. The Hall–Kier alpha value is -2.36. The zero-order chi connectivity index (χ0) is 22.9. The van der Waals surface area contributed by atoms with E-state index in [0.717, 1.165) is 11.1 Å². The van der Waals surface area contributed by atoms with Crippen LogP contribution in [0.5, 0.6) is 0 Å². The van der Waals surface area contributed by atoms with Crippen molar-refractivity contribution in [1.82, 2.24) is 0 Å². The van der Waals surface area contributed by atoms with Gasteiger partial charge < -0.3 is 9.84 Å². The van der Waals surface area contributed by atoms with Crippen LogP contribution in [0.3, 0.4) is 0 Å². The second-order valence-corrected chi connectivity index (χ2v) is 9.86. The molecule has 4 nitrogen and oxygen atoms in total. The molecule has 0 saturated carbocycles. The first-order chi connectivity index (χ1) is 13.8. The van der Waals surface area contributed by atoms with E-state index in [9.17, 15) is 14.7 Å². The molecule has 0 aromatic heterocycles. The Balaban J connectivity index is 2.82. The van der Waals surface area contributed by atoms with E-state index < -0.39 is 11.0 Å².